The quantitative estimate of drug-likeness (QED) is 0.579. The number of hydrogen-bond donors (Lipinski definition) is 0. The molecular formula is C26H38O4. The van der Waals surface area contributed by atoms with E-state index in [2.05, 4.69) is 32.6 Å². The van der Waals surface area contributed by atoms with Crippen LogP contribution in [0.1, 0.15) is 65.2 Å². The van der Waals surface area contributed by atoms with Crippen LogP contribution in [0.15, 0.2) is 24.3 Å². The van der Waals surface area contributed by atoms with Gasteiger partial charge in [-0.05, 0) is 61.2 Å². The Kier molecular flexibility index (Phi) is 4.43. The minimum absolute atomic E-state index is 0.119. The predicted molar refractivity (Wildman–Crippen MR) is 115 cm³/mol. The van der Waals surface area contributed by atoms with Crippen molar-refractivity contribution < 1.29 is 18.9 Å². The molecule has 6 aliphatic rings. The van der Waals surface area contributed by atoms with Gasteiger partial charge in [-0.1, -0.05) is 31.6 Å². The summed E-state index contributed by atoms with van der Waals surface area (Å²) in [4.78, 5) is 0. The SMILES string of the molecule is C=CC[C@@H]1C[C@@]2(C)[C@@H](CCC23OCCO3)[C@@H]2CC=C3CC4(CC[C@]3(C)[C@@H]12)OCCO4. The lowest BCUT2D eigenvalue weighted by molar-refractivity contribution is -0.252. The highest BCUT2D eigenvalue weighted by molar-refractivity contribution is 5.28. The lowest BCUT2D eigenvalue weighted by Gasteiger charge is -2.62. The summed E-state index contributed by atoms with van der Waals surface area (Å²) in [6, 6.07) is 0. The highest BCUT2D eigenvalue weighted by Crippen LogP contribution is 2.71. The minimum atomic E-state index is -0.338. The molecule has 4 nitrogen and oxygen atoms in total. The normalized spacial score (nSPS) is 48.3. The van der Waals surface area contributed by atoms with Crippen molar-refractivity contribution in [1.29, 1.82) is 0 Å². The van der Waals surface area contributed by atoms with Crippen molar-refractivity contribution in [1.82, 2.24) is 0 Å². The van der Waals surface area contributed by atoms with Gasteiger partial charge in [0.1, 0.15) is 0 Å². The summed E-state index contributed by atoms with van der Waals surface area (Å²) in [5.41, 5.74) is 1.98. The lowest BCUT2D eigenvalue weighted by atomic mass is 9.44. The molecule has 0 N–H and O–H groups in total. The van der Waals surface area contributed by atoms with Gasteiger partial charge < -0.3 is 18.9 Å². The molecule has 2 heterocycles. The maximum absolute atomic E-state index is 6.38. The number of fused-ring (bicyclic) bond motifs is 6. The zero-order valence-electron chi connectivity index (χ0n) is 18.8. The minimum Gasteiger partial charge on any atom is -0.347 e. The van der Waals surface area contributed by atoms with Gasteiger partial charge in [0.25, 0.3) is 0 Å². The highest BCUT2D eigenvalue weighted by atomic mass is 16.7. The Balaban J connectivity index is 1.38. The molecule has 6 atom stereocenters. The molecule has 0 aromatic rings. The molecule has 30 heavy (non-hydrogen) atoms. The van der Waals surface area contributed by atoms with Crippen molar-refractivity contribution in [2.45, 2.75) is 76.8 Å². The van der Waals surface area contributed by atoms with Crippen LogP contribution in [0.4, 0.5) is 0 Å². The van der Waals surface area contributed by atoms with E-state index in [0.717, 1.165) is 52.1 Å². The fourth-order valence-electron chi connectivity index (χ4n) is 9.07. The number of ether oxygens (including phenoxy) is 4. The van der Waals surface area contributed by atoms with Crippen LogP contribution in [-0.4, -0.2) is 38.0 Å². The van der Waals surface area contributed by atoms with Crippen molar-refractivity contribution >= 4 is 0 Å². The first-order chi connectivity index (χ1) is 14.5. The second kappa shape index (κ2) is 6.66. The summed E-state index contributed by atoms with van der Waals surface area (Å²) >= 11 is 0. The van der Waals surface area contributed by atoms with Gasteiger partial charge in [-0.3, -0.25) is 0 Å². The average molecular weight is 415 g/mol. The fraction of sp³-hybridized carbons (Fsp3) is 0.846. The van der Waals surface area contributed by atoms with E-state index in [-0.39, 0.29) is 22.4 Å². The summed E-state index contributed by atoms with van der Waals surface area (Å²) in [6.07, 6.45) is 13.7. The van der Waals surface area contributed by atoms with Gasteiger partial charge in [0, 0.05) is 24.7 Å². The van der Waals surface area contributed by atoms with E-state index in [9.17, 15) is 0 Å². The summed E-state index contributed by atoms with van der Waals surface area (Å²) in [5.74, 6) is 2.08. The van der Waals surface area contributed by atoms with Crippen LogP contribution < -0.4 is 0 Å². The number of rotatable bonds is 2. The molecule has 2 saturated heterocycles. The molecule has 0 amide bonds. The van der Waals surface area contributed by atoms with Crippen LogP contribution in [0.2, 0.25) is 0 Å². The van der Waals surface area contributed by atoms with E-state index in [4.69, 9.17) is 18.9 Å². The fourth-order valence-corrected chi connectivity index (χ4v) is 9.07. The molecule has 0 bridgehead atoms. The van der Waals surface area contributed by atoms with Crippen molar-refractivity contribution in [3.05, 3.63) is 24.3 Å². The zero-order valence-corrected chi connectivity index (χ0v) is 18.8. The Labute approximate surface area is 181 Å². The first kappa shape index (κ1) is 20.0. The first-order valence-electron chi connectivity index (χ1n) is 12.3. The van der Waals surface area contributed by atoms with E-state index in [1.807, 2.05) is 0 Å². The van der Waals surface area contributed by atoms with Gasteiger partial charge >= 0.3 is 0 Å². The average Bonchev–Trinajstić information content (AvgIpc) is 3.45. The Morgan fingerprint density at radius 3 is 2.50 bits per heavy atom. The van der Waals surface area contributed by atoms with Crippen LogP contribution in [0.25, 0.3) is 0 Å². The van der Waals surface area contributed by atoms with Gasteiger partial charge in [-0.25, -0.2) is 0 Å². The number of hydrogen-bond acceptors (Lipinski definition) is 4. The topological polar surface area (TPSA) is 36.9 Å². The van der Waals surface area contributed by atoms with E-state index in [1.165, 1.54) is 25.7 Å². The lowest BCUT2D eigenvalue weighted by Crippen LogP contribution is -2.58. The van der Waals surface area contributed by atoms with Crippen molar-refractivity contribution in [2.75, 3.05) is 26.4 Å². The molecule has 0 aromatic carbocycles. The molecule has 4 heteroatoms. The predicted octanol–water partition coefficient (Wildman–Crippen LogP) is 5.24. The van der Waals surface area contributed by atoms with Gasteiger partial charge in [-0.2, -0.15) is 0 Å². The second-order valence-corrected chi connectivity index (χ2v) is 11.4. The smallest absolute Gasteiger partial charge is 0.174 e. The molecule has 0 aromatic heterocycles. The van der Waals surface area contributed by atoms with Crippen molar-refractivity contribution in [3.8, 4) is 0 Å². The third-order valence-corrected chi connectivity index (χ3v) is 10.3. The summed E-state index contributed by atoms with van der Waals surface area (Å²) in [5, 5.41) is 0. The van der Waals surface area contributed by atoms with Crippen LogP contribution in [-0.2, 0) is 18.9 Å². The molecule has 2 aliphatic heterocycles. The molecule has 4 aliphatic carbocycles. The maximum Gasteiger partial charge on any atom is 0.174 e. The molecule has 6 rings (SSSR count). The van der Waals surface area contributed by atoms with E-state index in [0.29, 0.717) is 23.7 Å². The summed E-state index contributed by atoms with van der Waals surface area (Å²) in [6.45, 7) is 12.2. The van der Waals surface area contributed by atoms with Gasteiger partial charge in [0.15, 0.2) is 11.6 Å². The first-order valence-corrected chi connectivity index (χ1v) is 12.3. The monoisotopic (exact) mass is 414 g/mol. The third kappa shape index (κ3) is 2.48. The van der Waals surface area contributed by atoms with E-state index < -0.39 is 0 Å². The van der Waals surface area contributed by atoms with Crippen molar-refractivity contribution in [2.24, 2.45) is 34.5 Å². The molecule has 2 spiro atoms. The molecule has 0 unspecified atom stereocenters. The Bertz CT molecular complexity index is 746. The second-order valence-electron chi connectivity index (χ2n) is 11.4. The van der Waals surface area contributed by atoms with Gasteiger partial charge in [-0.15, -0.1) is 6.58 Å². The summed E-state index contributed by atoms with van der Waals surface area (Å²) < 4.78 is 25.0. The van der Waals surface area contributed by atoms with Crippen LogP contribution in [0, 0.1) is 34.5 Å². The molecular weight excluding hydrogens is 376 g/mol. The van der Waals surface area contributed by atoms with Gasteiger partial charge in [0.2, 0.25) is 0 Å². The third-order valence-electron chi connectivity index (χ3n) is 10.3. The van der Waals surface area contributed by atoms with Crippen molar-refractivity contribution in [3.63, 3.8) is 0 Å². The van der Waals surface area contributed by atoms with E-state index in [1.54, 1.807) is 5.57 Å². The molecule has 5 fully saturated rings. The number of allylic oxidation sites excluding steroid dienone is 2. The van der Waals surface area contributed by atoms with E-state index >= 15 is 0 Å². The largest absolute Gasteiger partial charge is 0.347 e. The van der Waals surface area contributed by atoms with Crippen LogP contribution in [0.5, 0.6) is 0 Å². The zero-order chi connectivity index (χ0) is 20.6. The summed E-state index contributed by atoms with van der Waals surface area (Å²) in [7, 11) is 0. The molecule has 0 radical (unpaired) electrons. The Morgan fingerprint density at radius 2 is 1.77 bits per heavy atom. The molecule has 166 valence electrons. The van der Waals surface area contributed by atoms with Crippen LogP contribution in [0.3, 0.4) is 0 Å². The van der Waals surface area contributed by atoms with Gasteiger partial charge in [0.05, 0.1) is 26.4 Å². The molecule has 3 saturated carbocycles. The Hall–Kier alpha value is -0.680. The van der Waals surface area contributed by atoms with Crippen LogP contribution >= 0.6 is 0 Å². The maximum atomic E-state index is 6.38. The highest BCUT2D eigenvalue weighted by Gasteiger charge is 2.68. The standard InChI is InChI=1S/C26H38O4/c1-4-5-18-16-24(3)21(8-9-26(24)29-14-15-30-26)20-7-6-19-17-25(27-12-13-28-25)11-10-23(19,2)22(18)20/h4,6,18,20-22H,1,5,7-17H2,2-3H3/t18-,20+,21+,22+,23+,24+/m1/s1. The Morgan fingerprint density at radius 1 is 1.03 bits per heavy atom.